The highest BCUT2D eigenvalue weighted by Crippen LogP contribution is 2.19. The summed E-state index contributed by atoms with van der Waals surface area (Å²) < 4.78 is 0. The molecule has 0 aromatic rings. The predicted molar refractivity (Wildman–Crippen MR) is 84.7 cm³/mol. The van der Waals surface area contributed by atoms with E-state index in [9.17, 15) is 4.79 Å². The molecular formula is C16H31N3O. The van der Waals surface area contributed by atoms with E-state index >= 15 is 0 Å². The van der Waals surface area contributed by atoms with Crippen molar-refractivity contribution >= 4 is 5.91 Å². The van der Waals surface area contributed by atoms with Gasteiger partial charge in [-0.25, -0.2) is 0 Å². The highest BCUT2D eigenvalue weighted by atomic mass is 16.2. The van der Waals surface area contributed by atoms with Crippen LogP contribution in [-0.2, 0) is 4.79 Å². The van der Waals surface area contributed by atoms with Crippen LogP contribution in [0.25, 0.3) is 0 Å². The first kappa shape index (κ1) is 17.2. The average Bonchev–Trinajstić information content (AvgIpc) is 2.44. The fourth-order valence-corrected chi connectivity index (χ4v) is 2.76. The molecule has 116 valence electrons. The van der Waals surface area contributed by atoms with Crippen LogP contribution in [0.4, 0.5) is 0 Å². The van der Waals surface area contributed by atoms with E-state index in [0.29, 0.717) is 18.5 Å². The lowest BCUT2D eigenvalue weighted by Gasteiger charge is -2.39. The second kappa shape index (κ2) is 9.14. The molecule has 1 rings (SSSR count). The molecule has 1 saturated heterocycles. The smallest absolute Gasteiger partial charge is 0.237 e. The van der Waals surface area contributed by atoms with Gasteiger partial charge >= 0.3 is 0 Å². The van der Waals surface area contributed by atoms with Crippen molar-refractivity contribution in [2.75, 3.05) is 26.2 Å². The lowest BCUT2D eigenvalue weighted by atomic mass is 9.99. The van der Waals surface area contributed by atoms with Crippen molar-refractivity contribution in [1.82, 2.24) is 15.5 Å². The zero-order chi connectivity index (χ0) is 15.0. The second-order valence-corrected chi connectivity index (χ2v) is 6.15. The molecule has 2 atom stereocenters. The first-order valence-corrected chi connectivity index (χ1v) is 7.91. The summed E-state index contributed by atoms with van der Waals surface area (Å²) in [5, 5.41) is 6.44. The van der Waals surface area contributed by atoms with Crippen LogP contribution in [0, 0.1) is 5.92 Å². The summed E-state index contributed by atoms with van der Waals surface area (Å²) in [6, 6.07) is 0.424. The molecule has 1 heterocycles. The lowest BCUT2D eigenvalue weighted by Crippen LogP contribution is -2.54. The van der Waals surface area contributed by atoms with Gasteiger partial charge in [0.1, 0.15) is 0 Å². The Morgan fingerprint density at radius 2 is 2.15 bits per heavy atom. The van der Waals surface area contributed by atoms with Gasteiger partial charge in [0.15, 0.2) is 0 Å². The van der Waals surface area contributed by atoms with Crippen molar-refractivity contribution in [3.05, 3.63) is 12.7 Å². The quantitative estimate of drug-likeness (QED) is 0.667. The molecule has 0 saturated carbocycles. The molecule has 1 fully saturated rings. The van der Waals surface area contributed by atoms with Gasteiger partial charge in [0.05, 0.1) is 6.04 Å². The number of rotatable bonds is 8. The Balaban J connectivity index is 2.49. The fourth-order valence-electron chi connectivity index (χ4n) is 2.76. The van der Waals surface area contributed by atoms with Crippen molar-refractivity contribution in [1.29, 1.82) is 0 Å². The van der Waals surface area contributed by atoms with Crippen molar-refractivity contribution in [3.63, 3.8) is 0 Å². The third kappa shape index (κ3) is 5.63. The van der Waals surface area contributed by atoms with E-state index in [1.165, 1.54) is 19.3 Å². The third-order valence-electron chi connectivity index (χ3n) is 3.90. The van der Waals surface area contributed by atoms with Crippen LogP contribution in [0.5, 0.6) is 0 Å². The van der Waals surface area contributed by atoms with Crippen LogP contribution < -0.4 is 10.6 Å². The van der Waals surface area contributed by atoms with Gasteiger partial charge in [-0.1, -0.05) is 26.3 Å². The van der Waals surface area contributed by atoms with Crippen molar-refractivity contribution in [2.24, 2.45) is 5.92 Å². The number of piperidine rings is 1. The SMILES string of the molecule is C=CCNC(=O)C(C)N1CCCCC1CNCC(C)C. The largest absolute Gasteiger partial charge is 0.351 e. The molecule has 0 radical (unpaired) electrons. The van der Waals surface area contributed by atoms with Gasteiger partial charge in [0, 0.05) is 19.1 Å². The predicted octanol–water partition coefficient (Wildman–Crippen LogP) is 1.78. The molecular weight excluding hydrogens is 250 g/mol. The summed E-state index contributed by atoms with van der Waals surface area (Å²) in [5.41, 5.74) is 0. The van der Waals surface area contributed by atoms with E-state index in [2.05, 4.69) is 36.0 Å². The zero-order valence-electron chi connectivity index (χ0n) is 13.3. The van der Waals surface area contributed by atoms with Gasteiger partial charge in [-0.3, -0.25) is 9.69 Å². The number of nitrogens with zero attached hydrogens (tertiary/aromatic N) is 1. The van der Waals surface area contributed by atoms with Gasteiger partial charge in [0.25, 0.3) is 0 Å². The number of hydrogen-bond acceptors (Lipinski definition) is 3. The Kier molecular flexibility index (Phi) is 7.85. The van der Waals surface area contributed by atoms with Crippen LogP contribution in [-0.4, -0.2) is 49.1 Å². The number of nitrogens with one attached hydrogen (secondary N) is 2. The molecule has 20 heavy (non-hydrogen) atoms. The Morgan fingerprint density at radius 1 is 1.40 bits per heavy atom. The van der Waals surface area contributed by atoms with Crippen LogP contribution in [0.1, 0.15) is 40.0 Å². The van der Waals surface area contributed by atoms with Gasteiger partial charge in [-0.2, -0.15) is 0 Å². The summed E-state index contributed by atoms with van der Waals surface area (Å²) in [4.78, 5) is 14.5. The molecule has 0 aromatic carbocycles. The Bertz CT molecular complexity index is 304. The number of amides is 1. The molecule has 0 bridgehead atoms. The van der Waals surface area contributed by atoms with Crippen molar-refractivity contribution < 1.29 is 4.79 Å². The minimum Gasteiger partial charge on any atom is -0.351 e. The monoisotopic (exact) mass is 281 g/mol. The highest BCUT2D eigenvalue weighted by molar-refractivity contribution is 5.81. The van der Waals surface area contributed by atoms with Crippen LogP contribution >= 0.6 is 0 Å². The molecule has 2 unspecified atom stereocenters. The summed E-state index contributed by atoms with van der Waals surface area (Å²) in [5.74, 6) is 0.779. The van der Waals surface area contributed by atoms with Crippen LogP contribution in [0.15, 0.2) is 12.7 Å². The fraction of sp³-hybridized carbons (Fsp3) is 0.812. The van der Waals surface area contributed by atoms with E-state index in [-0.39, 0.29) is 11.9 Å². The van der Waals surface area contributed by atoms with Crippen LogP contribution in [0.2, 0.25) is 0 Å². The van der Waals surface area contributed by atoms with E-state index in [4.69, 9.17) is 0 Å². The topological polar surface area (TPSA) is 44.4 Å². The first-order chi connectivity index (χ1) is 9.56. The highest BCUT2D eigenvalue weighted by Gasteiger charge is 2.29. The van der Waals surface area contributed by atoms with Crippen molar-refractivity contribution in [2.45, 2.75) is 52.1 Å². The molecule has 4 nitrogen and oxygen atoms in total. The Hall–Kier alpha value is -0.870. The molecule has 0 aromatic heterocycles. The number of carbonyl (C=O) groups is 1. The van der Waals surface area contributed by atoms with E-state index in [1.54, 1.807) is 6.08 Å². The maximum Gasteiger partial charge on any atom is 0.237 e. The lowest BCUT2D eigenvalue weighted by molar-refractivity contribution is -0.127. The number of carbonyl (C=O) groups excluding carboxylic acids is 1. The van der Waals surface area contributed by atoms with E-state index in [0.717, 1.165) is 19.6 Å². The molecule has 1 aliphatic heterocycles. The Morgan fingerprint density at radius 3 is 2.80 bits per heavy atom. The van der Waals surface area contributed by atoms with Gasteiger partial charge in [-0.05, 0) is 38.8 Å². The summed E-state index contributed by atoms with van der Waals surface area (Å²) in [6.07, 6.45) is 5.37. The molecule has 4 heteroatoms. The molecule has 1 amide bonds. The minimum atomic E-state index is -0.0545. The average molecular weight is 281 g/mol. The summed E-state index contributed by atoms with van der Waals surface area (Å²) in [6.45, 7) is 13.7. The molecule has 0 aliphatic carbocycles. The number of likely N-dealkylation sites (tertiary alicyclic amines) is 1. The summed E-state index contributed by atoms with van der Waals surface area (Å²) >= 11 is 0. The first-order valence-electron chi connectivity index (χ1n) is 7.91. The molecule has 1 aliphatic rings. The normalized spacial score (nSPS) is 21.7. The molecule has 0 spiro atoms. The molecule has 2 N–H and O–H groups in total. The van der Waals surface area contributed by atoms with E-state index < -0.39 is 0 Å². The van der Waals surface area contributed by atoms with Gasteiger partial charge in [-0.15, -0.1) is 6.58 Å². The third-order valence-corrected chi connectivity index (χ3v) is 3.90. The van der Waals surface area contributed by atoms with Gasteiger partial charge < -0.3 is 10.6 Å². The maximum atomic E-state index is 12.1. The van der Waals surface area contributed by atoms with Crippen molar-refractivity contribution in [3.8, 4) is 0 Å². The standard InChI is InChI=1S/C16H31N3O/c1-5-9-18-16(20)14(4)19-10-7-6-8-15(19)12-17-11-13(2)3/h5,13-15,17H,1,6-12H2,2-4H3,(H,18,20). The minimum absolute atomic E-state index is 0.0545. The Labute approximate surface area is 124 Å². The second-order valence-electron chi connectivity index (χ2n) is 6.15. The van der Waals surface area contributed by atoms with E-state index in [1.807, 2.05) is 6.92 Å². The number of hydrogen-bond donors (Lipinski definition) is 2. The van der Waals surface area contributed by atoms with Crippen LogP contribution in [0.3, 0.4) is 0 Å². The summed E-state index contributed by atoms with van der Waals surface area (Å²) in [7, 11) is 0. The maximum absolute atomic E-state index is 12.1. The van der Waals surface area contributed by atoms with Gasteiger partial charge in [0.2, 0.25) is 5.91 Å². The zero-order valence-corrected chi connectivity index (χ0v) is 13.3.